The molecular formula is C19H14O2S. The highest BCUT2D eigenvalue weighted by Gasteiger charge is 2.14. The van der Waals surface area contributed by atoms with E-state index in [0.29, 0.717) is 10.4 Å². The lowest BCUT2D eigenvalue weighted by Gasteiger charge is -2.04. The average molecular weight is 306 g/mol. The molecule has 0 aliphatic heterocycles. The van der Waals surface area contributed by atoms with Gasteiger partial charge in [0, 0.05) is 5.56 Å². The summed E-state index contributed by atoms with van der Waals surface area (Å²) >= 11 is 1.37. The lowest BCUT2D eigenvalue weighted by molar-refractivity contribution is 0.0896. The summed E-state index contributed by atoms with van der Waals surface area (Å²) in [5, 5.41) is 1.84. The smallest absolute Gasteiger partial charge is 0.180 e. The van der Waals surface area contributed by atoms with Gasteiger partial charge in [-0.1, -0.05) is 60.7 Å². The van der Waals surface area contributed by atoms with Crippen molar-refractivity contribution in [3.63, 3.8) is 0 Å². The maximum Gasteiger partial charge on any atom is 0.180 e. The van der Waals surface area contributed by atoms with Gasteiger partial charge in [0.05, 0.1) is 11.3 Å². The summed E-state index contributed by atoms with van der Waals surface area (Å²) in [5.41, 5.74) is 2.74. The van der Waals surface area contributed by atoms with Crippen molar-refractivity contribution in [2.75, 3.05) is 0 Å². The molecule has 0 atom stereocenters. The summed E-state index contributed by atoms with van der Waals surface area (Å²) in [6.45, 7) is 0. The number of hydrogen-bond acceptors (Lipinski definition) is 3. The summed E-state index contributed by atoms with van der Waals surface area (Å²) in [6, 6.07) is 20.9. The predicted octanol–water partition coefficient (Wildman–Crippen LogP) is 4.87. The lowest BCUT2D eigenvalue weighted by atomic mass is 10.0. The van der Waals surface area contributed by atoms with Crippen molar-refractivity contribution in [3.05, 3.63) is 82.6 Å². The molecule has 0 radical (unpaired) electrons. The Morgan fingerprint density at radius 1 is 0.727 bits per heavy atom. The van der Waals surface area contributed by atoms with E-state index in [4.69, 9.17) is 0 Å². The highest BCUT2D eigenvalue weighted by atomic mass is 32.1. The van der Waals surface area contributed by atoms with Gasteiger partial charge in [0.25, 0.3) is 0 Å². The van der Waals surface area contributed by atoms with Crippen molar-refractivity contribution in [1.29, 1.82) is 0 Å². The molecule has 0 aliphatic rings. The van der Waals surface area contributed by atoms with E-state index in [1.807, 2.05) is 53.9 Å². The van der Waals surface area contributed by atoms with Crippen molar-refractivity contribution in [3.8, 4) is 11.1 Å². The molecule has 3 heteroatoms. The Labute approximate surface area is 133 Å². The van der Waals surface area contributed by atoms with Crippen LogP contribution in [0.5, 0.6) is 0 Å². The van der Waals surface area contributed by atoms with Crippen LogP contribution in [0.1, 0.15) is 26.5 Å². The van der Waals surface area contributed by atoms with Crippen LogP contribution in [-0.4, -0.2) is 11.6 Å². The molecule has 0 saturated heterocycles. The van der Waals surface area contributed by atoms with Crippen molar-refractivity contribution in [1.82, 2.24) is 0 Å². The third kappa shape index (κ3) is 3.21. The number of carbonyl (C=O) groups is 2. The SMILES string of the molecule is O=C(CC(=O)c1cccs1)c1ccc(-c2ccccc2)cc1. The number of hydrogen-bond donors (Lipinski definition) is 0. The summed E-state index contributed by atoms with van der Waals surface area (Å²) < 4.78 is 0. The Bertz CT molecular complexity index is 772. The van der Waals surface area contributed by atoms with Crippen LogP contribution in [0.15, 0.2) is 72.1 Å². The van der Waals surface area contributed by atoms with E-state index < -0.39 is 0 Å². The maximum absolute atomic E-state index is 12.2. The Morgan fingerprint density at radius 2 is 1.41 bits per heavy atom. The number of thiophene rings is 1. The van der Waals surface area contributed by atoms with Crippen molar-refractivity contribution >= 4 is 22.9 Å². The van der Waals surface area contributed by atoms with Crippen LogP contribution < -0.4 is 0 Å². The van der Waals surface area contributed by atoms with Crippen molar-refractivity contribution in [2.45, 2.75) is 6.42 Å². The fourth-order valence-corrected chi connectivity index (χ4v) is 2.92. The number of carbonyl (C=O) groups excluding carboxylic acids is 2. The number of rotatable bonds is 5. The van der Waals surface area contributed by atoms with Gasteiger partial charge in [0.1, 0.15) is 0 Å². The maximum atomic E-state index is 12.2. The molecule has 0 N–H and O–H groups in total. The zero-order chi connectivity index (χ0) is 15.4. The Hall–Kier alpha value is -2.52. The summed E-state index contributed by atoms with van der Waals surface area (Å²) in [6.07, 6.45) is -0.0782. The second-order valence-electron chi connectivity index (χ2n) is 4.94. The summed E-state index contributed by atoms with van der Waals surface area (Å²) in [5.74, 6) is -0.259. The van der Waals surface area contributed by atoms with Crippen molar-refractivity contribution < 1.29 is 9.59 Å². The van der Waals surface area contributed by atoms with Crippen LogP contribution in [0.4, 0.5) is 0 Å². The molecule has 3 rings (SSSR count). The van der Waals surface area contributed by atoms with E-state index in [0.717, 1.165) is 11.1 Å². The first-order chi connectivity index (χ1) is 10.7. The minimum atomic E-state index is -0.141. The van der Waals surface area contributed by atoms with Gasteiger partial charge in [-0.15, -0.1) is 11.3 Å². The van der Waals surface area contributed by atoms with Crippen molar-refractivity contribution in [2.24, 2.45) is 0 Å². The van der Waals surface area contributed by atoms with E-state index in [1.165, 1.54) is 11.3 Å². The van der Waals surface area contributed by atoms with Gasteiger partial charge in [-0.25, -0.2) is 0 Å². The van der Waals surface area contributed by atoms with Crippen LogP contribution in [-0.2, 0) is 0 Å². The molecule has 22 heavy (non-hydrogen) atoms. The second kappa shape index (κ2) is 6.50. The highest BCUT2D eigenvalue weighted by molar-refractivity contribution is 7.12. The van der Waals surface area contributed by atoms with E-state index in [-0.39, 0.29) is 18.0 Å². The molecule has 1 aromatic heterocycles. The average Bonchev–Trinajstić information content (AvgIpc) is 3.10. The molecule has 0 unspecified atom stereocenters. The third-order valence-electron chi connectivity index (χ3n) is 3.43. The standard InChI is InChI=1S/C19H14O2S/c20-17(13-18(21)19-7-4-12-22-19)16-10-8-15(9-11-16)14-5-2-1-3-6-14/h1-12H,13H2. The molecule has 2 aromatic carbocycles. The topological polar surface area (TPSA) is 34.1 Å². The molecular weight excluding hydrogens is 292 g/mol. The molecule has 0 spiro atoms. The fraction of sp³-hybridized carbons (Fsp3) is 0.0526. The highest BCUT2D eigenvalue weighted by Crippen LogP contribution is 2.20. The summed E-state index contributed by atoms with van der Waals surface area (Å²) in [7, 11) is 0. The first-order valence-electron chi connectivity index (χ1n) is 6.99. The molecule has 0 aliphatic carbocycles. The van der Waals surface area contributed by atoms with Gasteiger partial charge in [0.15, 0.2) is 11.6 Å². The minimum Gasteiger partial charge on any atom is -0.294 e. The first-order valence-corrected chi connectivity index (χ1v) is 7.87. The molecule has 0 amide bonds. The lowest BCUT2D eigenvalue weighted by Crippen LogP contribution is -2.07. The molecule has 0 saturated carbocycles. The number of Topliss-reactive ketones (excluding diaryl/α,β-unsaturated/α-hetero) is 2. The van der Waals surface area contributed by atoms with E-state index >= 15 is 0 Å². The molecule has 2 nitrogen and oxygen atoms in total. The van der Waals surface area contributed by atoms with Crippen LogP contribution >= 0.6 is 11.3 Å². The number of benzene rings is 2. The van der Waals surface area contributed by atoms with E-state index in [2.05, 4.69) is 0 Å². The van der Waals surface area contributed by atoms with Gasteiger partial charge in [-0.2, -0.15) is 0 Å². The molecule has 108 valence electrons. The summed E-state index contributed by atoms with van der Waals surface area (Å²) in [4.78, 5) is 24.8. The van der Waals surface area contributed by atoms with E-state index in [1.54, 1.807) is 18.2 Å². The molecule has 0 fully saturated rings. The Kier molecular flexibility index (Phi) is 4.26. The molecule has 3 aromatic rings. The minimum absolute atomic E-state index is 0.0782. The molecule has 1 heterocycles. The van der Waals surface area contributed by atoms with Crippen LogP contribution in [0, 0.1) is 0 Å². The van der Waals surface area contributed by atoms with Gasteiger partial charge in [0.2, 0.25) is 0 Å². The first kappa shape index (κ1) is 14.4. The normalized spacial score (nSPS) is 10.4. The zero-order valence-electron chi connectivity index (χ0n) is 11.9. The van der Waals surface area contributed by atoms with Crippen LogP contribution in [0.25, 0.3) is 11.1 Å². The van der Waals surface area contributed by atoms with Gasteiger partial charge >= 0.3 is 0 Å². The monoisotopic (exact) mass is 306 g/mol. The third-order valence-corrected chi connectivity index (χ3v) is 4.34. The second-order valence-corrected chi connectivity index (χ2v) is 5.89. The predicted molar refractivity (Wildman–Crippen MR) is 89.5 cm³/mol. The zero-order valence-corrected chi connectivity index (χ0v) is 12.7. The van der Waals surface area contributed by atoms with Gasteiger partial charge in [-0.05, 0) is 22.6 Å². The van der Waals surface area contributed by atoms with Gasteiger partial charge < -0.3 is 0 Å². The van der Waals surface area contributed by atoms with Crippen LogP contribution in [0.3, 0.4) is 0 Å². The number of ketones is 2. The Morgan fingerprint density at radius 3 is 2.05 bits per heavy atom. The fourth-order valence-electron chi connectivity index (χ4n) is 2.25. The van der Waals surface area contributed by atoms with E-state index in [9.17, 15) is 9.59 Å². The quantitative estimate of drug-likeness (QED) is 0.498. The largest absolute Gasteiger partial charge is 0.294 e. The van der Waals surface area contributed by atoms with Crippen LogP contribution in [0.2, 0.25) is 0 Å². The van der Waals surface area contributed by atoms with Gasteiger partial charge in [-0.3, -0.25) is 9.59 Å². The Balaban J connectivity index is 1.73. The molecule has 0 bridgehead atoms.